The van der Waals surface area contributed by atoms with Gasteiger partial charge in [-0.3, -0.25) is 0 Å². The van der Waals surface area contributed by atoms with Gasteiger partial charge in [0.05, 0.1) is 22.2 Å². The lowest BCUT2D eigenvalue weighted by Crippen LogP contribution is -2.29. The van der Waals surface area contributed by atoms with E-state index in [1.807, 2.05) is 82.6 Å². The average molecular weight is 1390 g/mol. The summed E-state index contributed by atoms with van der Waals surface area (Å²) in [6.45, 7) is 13.3. The van der Waals surface area contributed by atoms with Crippen LogP contribution >= 0.6 is 0 Å². The molecule has 4 aliphatic carbocycles. The lowest BCUT2D eigenvalue weighted by atomic mass is 9.67. The number of hydrogen-bond acceptors (Lipinski definition) is 4. The van der Waals surface area contributed by atoms with E-state index >= 15 is 17.6 Å². The molecule has 14 aromatic rings. The molecule has 0 spiro atoms. The molecular formula is C98H76F4N2O2. The van der Waals surface area contributed by atoms with Gasteiger partial charge >= 0.3 is 0 Å². The van der Waals surface area contributed by atoms with Gasteiger partial charge in [0.1, 0.15) is 46.3 Å². The number of ether oxygens (including phenoxy) is 2. The second kappa shape index (κ2) is 25.4. The summed E-state index contributed by atoms with van der Waals surface area (Å²) in [7, 11) is 0. The molecule has 0 radical (unpaired) electrons. The van der Waals surface area contributed by atoms with Crippen LogP contribution in [-0.4, -0.2) is 0 Å². The van der Waals surface area contributed by atoms with Crippen LogP contribution in [0.3, 0.4) is 0 Å². The van der Waals surface area contributed by atoms with Crippen LogP contribution in [0.4, 0.5) is 51.7 Å². The Morgan fingerprint density at radius 2 is 0.613 bits per heavy atom. The zero-order valence-corrected chi connectivity index (χ0v) is 59.9. The van der Waals surface area contributed by atoms with Crippen molar-refractivity contribution in [3.05, 3.63) is 404 Å². The van der Waals surface area contributed by atoms with Crippen molar-refractivity contribution >= 4 is 34.1 Å². The van der Waals surface area contributed by atoms with E-state index in [0.29, 0.717) is 22.7 Å². The minimum absolute atomic E-state index is 0.0997. The number of rotatable bonds is 15. The summed E-state index contributed by atoms with van der Waals surface area (Å²) >= 11 is 0. The fraction of sp³-hybridized carbons (Fsp3) is 0.143. The van der Waals surface area contributed by atoms with Gasteiger partial charge < -0.3 is 19.3 Å². The van der Waals surface area contributed by atoms with Gasteiger partial charge in [-0.1, -0.05) is 211 Å². The van der Waals surface area contributed by atoms with Crippen LogP contribution in [0.2, 0.25) is 0 Å². The minimum Gasteiger partial charge on any atom is -0.457 e. The maximum atomic E-state index is 16.9. The normalized spacial score (nSPS) is 15.8. The Labute approximate surface area is 617 Å². The highest BCUT2D eigenvalue weighted by Crippen LogP contribution is 2.60. The van der Waals surface area contributed by atoms with E-state index in [1.165, 1.54) is 57.6 Å². The molecule has 0 saturated heterocycles. The molecule has 0 aliphatic heterocycles. The van der Waals surface area contributed by atoms with E-state index in [-0.39, 0.29) is 22.2 Å². The maximum Gasteiger partial charge on any atom is 0.150 e. The summed E-state index contributed by atoms with van der Waals surface area (Å²) < 4.78 is 77.1. The first-order valence-corrected chi connectivity index (χ1v) is 36.6. The van der Waals surface area contributed by atoms with E-state index in [2.05, 4.69) is 236 Å². The molecule has 4 nitrogen and oxygen atoms in total. The Kier molecular flexibility index (Phi) is 15.8. The Hall–Kier alpha value is -12.0. The van der Waals surface area contributed by atoms with Gasteiger partial charge in [-0.25, -0.2) is 17.6 Å². The number of fused-ring (bicyclic) bond motifs is 8. The lowest BCUT2D eigenvalue weighted by Gasteiger charge is -2.35. The first kappa shape index (κ1) is 66.0. The van der Waals surface area contributed by atoms with E-state index in [9.17, 15) is 0 Å². The number of nitrogens with zero attached hydrogens (tertiary/aromatic N) is 2. The van der Waals surface area contributed by atoms with Crippen LogP contribution in [0, 0.1) is 23.3 Å². The topological polar surface area (TPSA) is 24.9 Å². The number of hydrogen-bond donors (Lipinski definition) is 0. The zero-order chi connectivity index (χ0) is 72.4. The van der Waals surface area contributed by atoms with Gasteiger partial charge in [-0.05, 0) is 269 Å². The molecule has 518 valence electrons. The summed E-state index contributed by atoms with van der Waals surface area (Å²) in [5, 5.41) is 0. The monoisotopic (exact) mass is 1390 g/mol. The Bertz CT molecular complexity index is 5420. The molecule has 14 aromatic carbocycles. The van der Waals surface area contributed by atoms with Crippen LogP contribution in [0.15, 0.2) is 303 Å². The van der Waals surface area contributed by atoms with Crippen molar-refractivity contribution in [1.29, 1.82) is 0 Å². The van der Waals surface area contributed by atoms with Crippen LogP contribution < -0.4 is 19.3 Å². The van der Waals surface area contributed by atoms with Crippen molar-refractivity contribution in [1.82, 2.24) is 0 Å². The maximum absolute atomic E-state index is 16.9. The molecule has 106 heavy (non-hydrogen) atoms. The molecule has 4 aliphatic rings. The molecule has 0 aromatic heterocycles. The zero-order valence-electron chi connectivity index (χ0n) is 59.9. The highest BCUT2D eigenvalue weighted by Gasteiger charge is 2.49. The summed E-state index contributed by atoms with van der Waals surface area (Å²) in [6.07, 6.45) is 4.30. The predicted molar refractivity (Wildman–Crippen MR) is 421 cm³/mol. The average Bonchev–Trinajstić information content (AvgIpc) is 1.53. The van der Waals surface area contributed by atoms with Gasteiger partial charge in [-0.15, -0.1) is 0 Å². The molecule has 2 unspecified atom stereocenters. The quantitative estimate of drug-likeness (QED) is 0.0955. The van der Waals surface area contributed by atoms with Crippen LogP contribution in [0.25, 0.3) is 33.4 Å². The molecule has 0 amide bonds. The molecule has 0 saturated carbocycles. The molecule has 0 heterocycles. The highest BCUT2D eigenvalue weighted by molar-refractivity contribution is 5.92. The Morgan fingerprint density at radius 3 is 0.953 bits per heavy atom. The van der Waals surface area contributed by atoms with Gasteiger partial charge in [0, 0.05) is 34.9 Å². The van der Waals surface area contributed by atoms with E-state index in [1.54, 1.807) is 0 Å². The van der Waals surface area contributed by atoms with Crippen molar-refractivity contribution in [2.45, 2.75) is 88.9 Å². The first-order chi connectivity index (χ1) is 51.4. The van der Waals surface area contributed by atoms with E-state index in [4.69, 9.17) is 9.47 Å². The number of benzene rings is 14. The van der Waals surface area contributed by atoms with E-state index in [0.717, 1.165) is 139 Å². The predicted octanol–water partition coefficient (Wildman–Crippen LogP) is 26.0. The summed E-state index contributed by atoms with van der Waals surface area (Å²) in [5.41, 5.74) is 23.3. The van der Waals surface area contributed by atoms with Gasteiger partial charge in [0.25, 0.3) is 0 Å². The SMILES string of the molecule is CC(C)(C)c1ccc(C2(c3ccc(Oc4ccc5c(c4)CC5)cc3)c3ccccc3-c3ccc(N(c4ccc(-c5ccc(N(c6ccc7c(c6)C(c6ccc(Oc8ccc9c(c8)CC9)cc6)(c6ccc(C(C)(C)C)cc6)c6ccccc6-7)c6ccc(F)cc6F)cc5)cc4)c4ccc(F)cc4F)cc32)cc1. The third-order valence-corrected chi connectivity index (χ3v) is 22.6. The Morgan fingerprint density at radius 1 is 0.283 bits per heavy atom. The van der Waals surface area contributed by atoms with Crippen molar-refractivity contribution in [2.75, 3.05) is 9.80 Å². The number of aryl methyl sites for hydroxylation is 4. The van der Waals surface area contributed by atoms with Crippen LogP contribution in [0.5, 0.6) is 23.0 Å². The fourth-order valence-corrected chi connectivity index (χ4v) is 16.9. The molecule has 0 N–H and O–H groups in total. The third kappa shape index (κ3) is 11.1. The summed E-state index contributed by atoms with van der Waals surface area (Å²) in [4.78, 5) is 3.73. The van der Waals surface area contributed by atoms with E-state index < -0.39 is 34.1 Å². The Balaban J connectivity index is 0.725. The van der Waals surface area contributed by atoms with Crippen molar-refractivity contribution in [2.24, 2.45) is 0 Å². The minimum atomic E-state index is -0.851. The van der Waals surface area contributed by atoms with Crippen molar-refractivity contribution in [3.8, 4) is 56.4 Å². The second-order valence-electron chi connectivity index (χ2n) is 30.8. The fourth-order valence-electron chi connectivity index (χ4n) is 16.9. The first-order valence-electron chi connectivity index (χ1n) is 36.6. The van der Waals surface area contributed by atoms with Crippen LogP contribution in [-0.2, 0) is 47.3 Å². The molecule has 0 bridgehead atoms. The van der Waals surface area contributed by atoms with Crippen molar-refractivity contribution < 1.29 is 27.0 Å². The summed E-state index contributed by atoms with van der Waals surface area (Å²) in [5.74, 6) is 0.257. The summed E-state index contributed by atoms with van der Waals surface area (Å²) in [6, 6.07) is 101. The van der Waals surface area contributed by atoms with Crippen molar-refractivity contribution in [3.63, 3.8) is 0 Å². The molecular weight excluding hydrogens is 1310 g/mol. The van der Waals surface area contributed by atoms with Gasteiger partial charge in [0.15, 0.2) is 0 Å². The molecule has 2 atom stereocenters. The van der Waals surface area contributed by atoms with Crippen LogP contribution in [0.1, 0.15) is 119 Å². The third-order valence-electron chi connectivity index (χ3n) is 22.6. The standard InChI is InChI=1S/C98H76F4N2O2/c1-95(2,3)67-25-29-69(30-26-67)97(71-33-47-79(48-34-71)105-81-45-23-63-15-17-65(63)55-81)87-13-9-7-11-83(87)85-51-43-77(59-89(85)97)103(93-53-37-73(99)57-91(93)101)75-39-19-61(20-40-75)62-21-41-76(42-22-62)104(94-54-38-74(100)58-92(94)102)78-44-52-86-84-12-8-10-14-88(84)98(90(86)60-78,70-31-27-68(28-32-70)96(4,5)6)72-35-49-80(50-36-72)106-82-46-24-64-16-18-66(64)56-82/h7-14,19-60H,15-18H2,1-6H3. The highest BCUT2D eigenvalue weighted by atomic mass is 19.1. The molecule has 8 heteroatoms. The van der Waals surface area contributed by atoms with Gasteiger partial charge in [0.2, 0.25) is 0 Å². The molecule has 18 rings (SSSR count). The van der Waals surface area contributed by atoms with Gasteiger partial charge in [-0.2, -0.15) is 0 Å². The number of halogens is 4. The lowest BCUT2D eigenvalue weighted by molar-refractivity contribution is 0.480. The largest absolute Gasteiger partial charge is 0.457 e. The molecule has 0 fully saturated rings. The second-order valence-corrected chi connectivity index (χ2v) is 30.8. The number of anilines is 6. The smallest absolute Gasteiger partial charge is 0.150 e.